The molecule has 0 unspecified atom stereocenters. The minimum atomic E-state index is -0.788. The SMILES string of the molecule is C#CCN1CCN(C(=O)CC2(CC(=O)O)CCCC2)CC1. The van der Waals surface area contributed by atoms with Gasteiger partial charge in [0, 0.05) is 32.6 Å². The maximum Gasteiger partial charge on any atom is 0.303 e. The van der Waals surface area contributed by atoms with Crippen LogP contribution in [0.1, 0.15) is 38.5 Å². The van der Waals surface area contributed by atoms with Gasteiger partial charge in [-0.1, -0.05) is 18.8 Å². The van der Waals surface area contributed by atoms with Gasteiger partial charge in [-0.05, 0) is 18.3 Å². The fourth-order valence-electron chi connectivity index (χ4n) is 3.58. The molecule has 1 saturated carbocycles. The van der Waals surface area contributed by atoms with Crippen molar-refractivity contribution in [2.75, 3.05) is 32.7 Å². The third-order valence-electron chi connectivity index (χ3n) is 4.76. The van der Waals surface area contributed by atoms with E-state index in [4.69, 9.17) is 11.5 Å². The maximum absolute atomic E-state index is 12.5. The van der Waals surface area contributed by atoms with Gasteiger partial charge in [0.05, 0.1) is 13.0 Å². The first kappa shape index (κ1) is 15.8. The summed E-state index contributed by atoms with van der Waals surface area (Å²) in [6.45, 7) is 3.64. The summed E-state index contributed by atoms with van der Waals surface area (Å²) in [6.07, 6.45) is 9.61. The second-order valence-electron chi connectivity index (χ2n) is 6.32. The summed E-state index contributed by atoms with van der Waals surface area (Å²) >= 11 is 0. The van der Waals surface area contributed by atoms with Gasteiger partial charge < -0.3 is 10.0 Å². The first-order valence-corrected chi connectivity index (χ1v) is 7.70. The fraction of sp³-hybridized carbons (Fsp3) is 0.750. The fourth-order valence-corrected chi connectivity index (χ4v) is 3.58. The number of carbonyl (C=O) groups is 2. The Kier molecular flexibility index (Phi) is 5.24. The van der Waals surface area contributed by atoms with Gasteiger partial charge in [0.2, 0.25) is 5.91 Å². The normalized spacial score (nSPS) is 22.0. The molecule has 116 valence electrons. The Morgan fingerprint density at radius 1 is 1.10 bits per heavy atom. The van der Waals surface area contributed by atoms with E-state index >= 15 is 0 Å². The number of amides is 1. The molecule has 2 fully saturated rings. The van der Waals surface area contributed by atoms with Gasteiger partial charge in [-0.25, -0.2) is 0 Å². The number of carbonyl (C=O) groups excluding carboxylic acids is 1. The number of hydrogen-bond donors (Lipinski definition) is 1. The average molecular weight is 292 g/mol. The highest BCUT2D eigenvalue weighted by Crippen LogP contribution is 2.44. The standard InChI is InChI=1S/C16H24N2O3/c1-2-7-17-8-10-18(11-9-17)14(19)12-16(13-15(20)21)5-3-4-6-16/h1H,3-13H2,(H,20,21). The maximum atomic E-state index is 12.5. The monoisotopic (exact) mass is 292 g/mol. The van der Waals surface area contributed by atoms with Crippen molar-refractivity contribution in [1.82, 2.24) is 9.80 Å². The molecule has 0 bridgehead atoms. The van der Waals surface area contributed by atoms with Crippen LogP contribution in [-0.4, -0.2) is 59.5 Å². The topological polar surface area (TPSA) is 60.9 Å². The molecule has 1 aliphatic carbocycles. The van der Waals surface area contributed by atoms with Crippen LogP contribution in [0.25, 0.3) is 0 Å². The van der Waals surface area contributed by atoms with Gasteiger partial charge in [0.1, 0.15) is 0 Å². The van der Waals surface area contributed by atoms with Crippen molar-refractivity contribution in [1.29, 1.82) is 0 Å². The summed E-state index contributed by atoms with van der Waals surface area (Å²) in [5.74, 6) is 1.95. The van der Waals surface area contributed by atoms with Gasteiger partial charge in [-0.2, -0.15) is 0 Å². The predicted molar refractivity (Wildman–Crippen MR) is 79.6 cm³/mol. The van der Waals surface area contributed by atoms with Gasteiger partial charge in [0.25, 0.3) is 0 Å². The van der Waals surface area contributed by atoms with Crippen LogP contribution in [0, 0.1) is 17.8 Å². The van der Waals surface area contributed by atoms with Gasteiger partial charge in [-0.3, -0.25) is 14.5 Å². The van der Waals surface area contributed by atoms with Crippen LogP contribution >= 0.6 is 0 Å². The summed E-state index contributed by atoms with van der Waals surface area (Å²) in [4.78, 5) is 27.6. The van der Waals surface area contributed by atoms with E-state index in [9.17, 15) is 9.59 Å². The number of aliphatic carboxylic acids is 1. The lowest BCUT2D eigenvalue weighted by molar-refractivity contribution is -0.142. The van der Waals surface area contributed by atoms with Crippen LogP contribution in [0.4, 0.5) is 0 Å². The molecular weight excluding hydrogens is 268 g/mol. The number of nitrogens with zero attached hydrogens (tertiary/aromatic N) is 2. The number of hydrogen-bond acceptors (Lipinski definition) is 3. The predicted octanol–water partition coefficient (Wildman–Crippen LogP) is 1.19. The largest absolute Gasteiger partial charge is 0.481 e. The Bertz CT molecular complexity index is 427. The Morgan fingerprint density at radius 2 is 1.71 bits per heavy atom. The van der Waals surface area contributed by atoms with Gasteiger partial charge in [-0.15, -0.1) is 6.42 Å². The van der Waals surface area contributed by atoms with Crippen LogP contribution in [0.5, 0.6) is 0 Å². The van der Waals surface area contributed by atoms with Crippen molar-refractivity contribution < 1.29 is 14.7 Å². The van der Waals surface area contributed by atoms with Crippen LogP contribution in [0.2, 0.25) is 0 Å². The lowest BCUT2D eigenvalue weighted by Gasteiger charge is -2.36. The third kappa shape index (κ3) is 4.21. The number of rotatable bonds is 5. The highest BCUT2D eigenvalue weighted by molar-refractivity contribution is 5.78. The van der Waals surface area contributed by atoms with Crippen molar-refractivity contribution in [3.63, 3.8) is 0 Å². The van der Waals surface area contributed by atoms with E-state index in [1.54, 1.807) is 0 Å². The third-order valence-corrected chi connectivity index (χ3v) is 4.76. The molecule has 0 radical (unpaired) electrons. The number of carboxylic acid groups (broad SMARTS) is 1. The molecule has 0 atom stereocenters. The molecule has 1 saturated heterocycles. The summed E-state index contributed by atoms with van der Waals surface area (Å²) < 4.78 is 0. The van der Waals surface area contributed by atoms with E-state index in [2.05, 4.69) is 10.8 Å². The molecule has 0 spiro atoms. The molecule has 1 heterocycles. The smallest absolute Gasteiger partial charge is 0.303 e. The van der Waals surface area contributed by atoms with E-state index in [1.165, 1.54) is 0 Å². The number of terminal acetylenes is 1. The molecule has 5 heteroatoms. The summed E-state index contributed by atoms with van der Waals surface area (Å²) in [6, 6.07) is 0. The molecule has 5 nitrogen and oxygen atoms in total. The number of carboxylic acids is 1. The average Bonchev–Trinajstić information content (AvgIpc) is 2.87. The van der Waals surface area contributed by atoms with Gasteiger partial charge in [0.15, 0.2) is 0 Å². The van der Waals surface area contributed by atoms with E-state index < -0.39 is 5.97 Å². The summed E-state index contributed by atoms with van der Waals surface area (Å²) in [5, 5.41) is 9.11. The zero-order chi connectivity index (χ0) is 15.3. The van der Waals surface area contributed by atoms with Crippen LogP contribution in [-0.2, 0) is 9.59 Å². The Hall–Kier alpha value is -1.54. The first-order chi connectivity index (χ1) is 10.0. The highest BCUT2D eigenvalue weighted by Gasteiger charge is 2.39. The number of piperazine rings is 1. The summed E-state index contributed by atoms with van der Waals surface area (Å²) in [5.41, 5.74) is -0.307. The minimum absolute atomic E-state index is 0.110. The van der Waals surface area contributed by atoms with E-state index in [-0.39, 0.29) is 17.7 Å². The van der Waals surface area contributed by atoms with E-state index in [0.29, 0.717) is 26.1 Å². The minimum Gasteiger partial charge on any atom is -0.481 e. The summed E-state index contributed by atoms with van der Waals surface area (Å²) in [7, 11) is 0. The van der Waals surface area contributed by atoms with E-state index in [1.807, 2.05) is 4.90 Å². The molecule has 0 aromatic rings. The molecule has 1 amide bonds. The van der Waals surface area contributed by atoms with Crippen molar-refractivity contribution >= 4 is 11.9 Å². The Labute approximate surface area is 126 Å². The molecule has 2 rings (SSSR count). The van der Waals surface area contributed by atoms with Crippen molar-refractivity contribution in [3.05, 3.63) is 0 Å². The quantitative estimate of drug-likeness (QED) is 0.773. The van der Waals surface area contributed by atoms with Crippen molar-refractivity contribution in [2.45, 2.75) is 38.5 Å². The molecule has 0 aromatic carbocycles. The second-order valence-corrected chi connectivity index (χ2v) is 6.32. The molecular formula is C16H24N2O3. The van der Waals surface area contributed by atoms with Crippen molar-refractivity contribution in [3.8, 4) is 12.3 Å². The lowest BCUT2D eigenvalue weighted by atomic mass is 9.79. The zero-order valence-corrected chi connectivity index (χ0v) is 12.5. The van der Waals surface area contributed by atoms with Crippen LogP contribution < -0.4 is 0 Å². The van der Waals surface area contributed by atoms with Crippen LogP contribution in [0.3, 0.4) is 0 Å². The van der Waals surface area contributed by atoms with Crippen LogP contribution in [0.15, 0.2) is 0 Å². The molecule has 21 heavy (non-hydrogen) atoms. The van der Waals surface area contributed by atoms with E-state index in [0.717, 1.165) is 38.8 Å². The Morgan fingerprint density at radius 3 is 2.24 bits per heavy atom. The van der Waals surface area contributed by atoms with Crippen molar-refractivity contribution in [2.24, 2.45) is 5.41 Å². The van der Waals surface area contributed by atoms with Gasteiger partial charge >= 0.3 is 5.97 Å². The molecule has 2 aliphatic rings. The lowest BCUT2D eigenvalue weighted by Crippen LogP contribution is -2.49. The molecule has 0 aromatic heterocycles. The first-order valence-electron chi connectivity index (χ1n) is 7.70. The Balaban J connectivity index is 1.88. The second kappa shape index (κ2) is 6.95. The zero-order valence-electron chi connectivity index (χ0n) is 12.5. The highest BCUT2D eigenvalue weighted by atomic mass is 16.4. The molecule has 1 aliphatic heterocycles. The molecule has 1 N–H and O–H groups in total.